The minimum atomic E-state index is -3.77. The van der Waals surface area contributed by atoms with Gasteiger partial charge >= 0.3 is 5.92 Å². The van der Waals surface area contributed by atoms with E-state index in [1.807, 2.05) is 6.92 Å². The Morgan fingerprint density at radius 3 is 2.68 bits per heavy atom. The third-order valence-corrected chi connectivity index (χ3v) is 6.01. The zero-order chi connectivity index (χ0) is 26.6. The summed E-state index contributed by atoms with van der Waals surface area (Å²) >= 11 is 6.14. The van der Waals surface area contributed by atoms with Gasteiger partial charge in [0.1, 0.15) is 11.0 Å². The molecule has 0 aliphatic carbocycles. The maximum atomic E-state index is 14.5. The van der Waals surface area contributed by atoms with E-state index < -0.39 is 29.0 Å². The molecule has 0 atom stereocenters. The number of allylic oxidation sites excluding steroid dienone is 2. The molecule has 2 N–H and O–H groups in total. The zero-order valence-electron chi connectivity index (χ0n) is 19.8. The molecule has 0 spiro atoms. The minimum absolute atomic E-state index is 0.0796. The van der Waals surface area contributed by atoms with Gasteiger partial charge in [-0.15, -0.1) is 0 Å². The second kappa shape index (κ2) is 11.1. The van der Waals surface area contributed by atoms with Gasteiger partial charge in [0, 0.05) is 17.7 Å². The molecule has 0 unspecified atom stereocenters. The Balaban J connectivity index is 1.46. The SMILES string of the molecule is C=CC(F)(F)c1ncc(F)c(Oc2ccc(CCNc3[nH+]cnc4c3=C(C)CCC(Cl)=CN=4)cc2)c1F. The van der Waals surface area contributed by atoms with Crippen molar-refractivity contribution in [3.05, 3.63) is 94.3 Å². The number of rotatable bonds is 8. The standard InChI is InChI=1S/C26H22ClF4N5O/c1-3-26(30,31)23-21(29)22(19(28)13-33-23)37-18-8-5-16(6-9-18)10-11-32-24-20-15(2)4-7-17(27)12-34-25(20)36-14-35-24/h3,5-6,8-9,12-14H,1,4,7,10-11H2,2H3,(H,32,34,35,36)/p+1. The number of hydrogen-bond donors (Lipinski definition) is 1. The van der Waals surface area contributed by atoms with Crippen LogP contribution in [0.3, 0.4) is 0 Å². The first-order valence-electron chi connectivity index (χ1n) is 11.3. The first-order valence-corrected chi connectivity index (χ1v) is 11.7. The molecule has 4 rings (SSSR count). The molecule has 3 heterocycles. The number of hydrogen-bond acceptors (Lipinski definition) is 5. The van der Waals surface area contributed by atoms with Gasteiger partial charge in [0.25, 0.3) is 0 Å². The van der Waals surface area contributed by atoms with Crippen LogP contribution in [-0.4, -0.2) is 16.5 Å². The van der Waals surface area contributed by atoms with E-state index in [1.54, 1.807) is 24.7 Å². The fraction of sp³-hybridized carbons (Fsp3) is 0.231. The zero-order valence-corrected chi connectivity index (χ0v) is 20.5. The Hall–Kier alpha value is -3.79. The van der Waals surface area contributed by atoms with Crippen LogP contribution >= 0.6 is 11.6 Å². The maximum absolute atomic E-state index is 14.5. The van der Waals surface area contributed by atoms with Crippen molar-refractivity contribution in [3.63, 3.8) is 0 Å². The highest BCUT2D eigenvalue weighted by atomic mass is 35.5. The molecule has 0 radical (unpaired) electrons. The van der Waals surface area contributed by atoms with Crippen LogP contribution in [0, 0.1) is 11.6 Å². The molecule has 192 valence electrons. The van der Waals surface area contributed by atoms with E-state index in [-0.39, 0.29) is 11.8 Å². The summed E-state index contributed by atoms with van der Waals surface area (Å²) in [5.41, 5.74) is 1.32. The molecule has 1 aliphatic heterocycles. The lowest BCUT2D eigenvalue weighted by Gasteiger charge is -2.15. The van der Waals surface area contributed by atoms with Crippen LogP contribution in [0.1, 0.15) is 31.0 Å². The number of aromatic nitrogens is 3. The Bertz CT molecular complexity index is 1480. The van der Waals surface area contributed by atoms with E-state index in [2.05, 4.69) is 31.8 Å². The van der Waals surface area contributed by atoms with Crippen molar-refractivity contribution in [2.24, 2.45) is 4.99 Å². The number of nitrogens with zero attached hydrogens (tertiary/aromatic N) is 3. The molecular weight excluding hydrogens is 510 g/mol. The lowest BCUT2D eigenvalue weighted by Crippen LogP contribution is -2.39. The predicted molar refractivity (Wildman–Crippen MR) is 131 cm³/mol. The number of benzene rings is 1. The quantitative estimate of drug-likeness (QED) is 0.329. The summed E-state index contributed by atoms with van der Waals surface area (Å²) in [7, 11) is 0. The average molecular weight is 533 g/mol. The largest absolute Gasteiger partial charge is 0.451 e. The van der Waals surface area contributed by atoms with E-state index in [0.717, 1.165) is 28.6 Å². The van der Waals surface area contributed by atoms with Gasteiger partial charge in [-0.3, -0.25) is 0 Å². The molecule has 2 aromatic heterocycles. The highest BCUT2D eigenvalue weighted by molar-refractivity contribution is 6.29. The van der Waals surface area contributed by atoms with E-state index in [9.17, 15) is 17.6 Å². The molecule has 0 bridgehead atoms. The normalized spacial score (nSPS) is 13.6. The predicted octanol–water partition coefficient (Wildman–Crippen LogP) is 4.96. The molecule has 37 heavy (non-hydrogen) atoms. The van der Waals surface area contributed by atoms with E-state index in [0.29, 0.717) is 36.1 Å². The van der Waals surface area contributed by atoms with Crippen LogP contribution < -0.4 is 25.7 Å². The van der Waals surface area contributed by atoms with E-state index in [1.165, 1.54) is 12.1 Å². The number of nitrogens with one attached hydrogen (secondary N) is 2. The molecule has 6 nitrogen and oxygen atoms in total. The number of halogens is 5. The van der Waals surface area contributed by atoms with Gasteiger partial charge in [0.15, 0.2) is 17.3 Å². The van der Waals surface area contributed by atoms with Crippen molar-refractivity contribution in [2.75, 3.05) is 11.9 Å². The lowest BCUT2D eigenvalue weighted by atomic mass is 10.1. The monoisotopic (exact) mass is 532 g/mol. The minimum Gasteiger partial charge on any atom is -0.451 e. The van der Waals surface area contributed by atoms with Gasteiger partial charge in [0.05, 0.1) is 12.7 Å². The third-order valence-electron chi connectivity index (χ3n) is 5.72. The fourth-order valence-corrected chi connectivity index (χ4v) is 3.86. The fourth-order valence-electron chi connectivity index (χ4n) is 3.72. The van der Waals surface area contributed by atoms with Gasteiger partial charge < -0.3 is 10.1 Å². The van der Waals surface area contributed by atoms with Gasteiger partial charge in [-0.25, -0.2) is 23.7 Å². The summed E-state index contributed by atoms with van der Waals surface area (Å²) in [6, 6.07) is 6.43. The second-order valence-corrected chi connectivity index (χ2v) is 8.79. The van der Waals surface area contributed by atoms with Crippen LogP contribution in [-0.2, 0) is 12.3 Å². The molecule has 3 aromatic rings. The maximum Gasteiger partial charge on any atom is 0.310 e. The summed E-state index contributed by atoms with van der Waals surface area (Å²) in [4.78, 5) is 15.0. The Kier molecular flexibility index (Phi) is 7.87. The number of aromatic amines is 1. The van der Waals surface area contributed by atoms with Crippen molar-refractivity contribution in [2.45, 2.75) is 32.1 Å². The topological polar surface area (TPSA) is 73.5 Å². The summed E-state index contributed by atoms with van der Waals surface area (Å²) < 4.78 is 61.5. The van der Waals surface area contributed by atoms with Crippen molar-refractivity contribution >= 4 is 23.0 Å². The first-order chi connectivity index (χ1) is 17.7. The van der Waals surface area contributed by atoms with Crippen LogP contribution in [0.25, 0.3) is 5.57 Å². The van der Waals surface area contributed by atoms with Crippen molar-refractivity contribution in [1.29, 1.82) is 0 Å². The molecule has 0 amide bonds. The molecule has 0 fully saturated rings. The van der Waals surface area contributed by atoms with Crippen LogP contribution in [0.5, 0.6) is 11.5 Å². The molecule has 11 heteroatoms. The number of anilines is 1. The summed E-state index contributed by atoms with van der Waals surface area (Å²) in [5.74, 6) is -6.65. The number of pyridine rings is 1. The molecule has 0 saturated heterocycles. The highest BCUT2D eigenvalue weighted by Gasteiger charge is 2.35. The number of fused-ring (bicyclic) bond motifs is 1. The number of H-pyrrole nitrogens is 1. The molecule has 0 saturated carbocycles. The summed E-state index contributed by atoms with van der Waals surface area (Å²) in [6.45, 7) is 5.53. The van der Waals surface area contributed by atoms with Gasteiger partial charge in [0.2, 0.25) is 23.4 Å². The Labute approximate surface area is 215 Å². The summed E-state index contributed by atoms with van der Waals surface area (Å²) in [6.07, 6.45) is 5.97. The van der Waals surface area contributed by atoms with Crippen molar-refractivity contribution in [1.82, 2.24) is 9.97 Å². The first kappa shape index (κ1) is 26.3. The molecular formula is C26H23ClF4N5O+. The van der Waals surface area contributed by atoms with Crippen LogP contribution in [0.4, 0.5) is 23.4 Å². The average Bonchev–Trinajstić information content (AvgIpc) is 2.88. The summed E-state index contributed by atoms with van der Waals surface area (Å²) in [5, 5.41) is 4.93. The van der Waals surface area contributed by atoms with Crippen LogP contribution in [0.15, 0.2) is 65.7 Å². The Morgan fingerprint density at radius 2 is 1.95 bits per heavy atom. The number of alkyl halides is 2. The lowest BCUT2D eigenvalue weighted by molar-refractivity contribution is -0.367. The number of ether oxygens (including phenoxy) is 1. The van der Waals surface area contributed by atoms with Crippen molar-refractivity contribution < 1.29 is 27.3 Å². The smallest absolute Gasteiger partial charge is 0.310 e. The van der Waals surface area contributed by atoms with E-state index >= 15 is 0 Å². The highest BCUT2D eigenvalue weighted by Crippen LogP contribution is 2.36. The van der Waals surface area contributed by atoms with Crippen molar-refractivity contribution in [3.8, 4) is 11.5 Å². The van der Waals surface area contributed by atoms with Crippen LogP contribution in [0.2, 0.25) is 0 Å². The molecule has 1 aromatic carbocycles. The Morgan fingerprint density at radius 1 is 1.19 bits per heavy atom. The third kappa shape index (κ3) is 5.96. The van der Waals surface area contributed by atoms with Gasteiger partial charge in [-0.1, -0.05) is 40.9 Å². The van der Waals surface area contributed by atoms with Gasteiger partial charge in [-0.05, 0) is 43.5 Å². The molecule has 1 aliphatic rings. The van der Waals surface area contributed by atoms with Gasteiger partial charge in [-0.2, -0.15) is 8.78 Å². The van der Waals surface area contributed by atoms with E-state index in [4.69, 9.17) is 16.3 Å². The second-order valence-electron chi connectivity index (χ2n) is 8.31.